The molecule has 1 aliphatic carbocycles. The molecule has 4 heteroatoms. The Hall–Kier alpha value is -1.55. The number of rotatable bonds is 5. The summed E-state index contributed by atoms with van der Waals surface area (Å²) < 4.78 is 5.48. The normalized spacial score (nSPS) is 26.0. The number of carbonyl (C=O) groups excluding carboxylic acids is 1. The lowest BCUT2D eigenvalue weighted by molar-refractivity contribution is -0.130. The van der Waals surface area contributed by atoms with E-state index >= 15 is 0 Å². The molecule has 3 rings (SSSR count). The number of amides is 1. The summed E-state index contributed by atoms with van der Waals surface area (Å²) in [6.45, 7) is 5.48. The number of benzene rings is 1. The van der Waals surface area contributed by atoms with Crippen LogP contribution in [0.4, 0.5) is 0 Å². The fourth-order valence-corrected chi connectivity index (χ4v) is 3.11. The van der Waals surface area contributed by atoms with Crippen molar-refractivity contribution >= 4 is 5.91 Å². The smallest absolute Gasteiger partial charge is 0.241 e. The van der Waals surface area contributed by atoms with Gasteiger partial charge >= 0.3 is 0 Å². The molecule has 21 heavy (non-hydrogen) atoms. The molecule has 1 saturated carbocycles. The second-order valence-electron chi connectivity index (χ2n) is 6.08. The van der Waals surface area contributed by atoms with E-state index in [1.807, 2.05) is 30.9 Å². The topological polar surface area (TPSA) is 41.6 Å². The van der Waals surface area contributed by atoms with E-state index in [2.05, 4.69) is 17.4 Å². The lowest BCUT2D eigenvalue weighted by atomic mass is 9.85. The van der Waals surface area contributed by atoms with Crippen LogP contribution in [0.3, 0.4) is 0 Å². The molecule has 114 valence electrons. The second kappa shape index (κ2) is 6.06. The van der Waals surface area contributed by atoms with Crippen LogP contribution in [-0.2, 0) is 4.79 Å². The van der Waals surface area contributed by atoms with E-state index in [1.165, 1.54) is 19.3 Å². The summed E-state index contributed by atoms with van der Waals surface area (Å²) >= 11 is 0. The molecule has 2 unspecified atom stereocenters. The summed E-state index contributed by atoms with van der Waals surface area (Å²) in [5.74, 6) is 1.79. The van der Waals surface area contributed by atoms with Crippen LogP contribution >= 0.6 is 0 Å². The minimum atomic E-state index is -0.0957. The molecule has 1 aliphatic heterocycles. The molecule has 1 heterocycles. The first-order chi connectivity index (χ1) is 10.2. The lowest BCUT2D eigenvalue weighted by Gasteiger charge is -2.33. The van der Waals surface area contributed by atoms with E-state index in [0.717, 1.165) is 17.9 Å². The van der Waals surface area contributed by atoms with Gasteiger partial charge in [0.05, 0.1) is 12.6 Å². The number of carbonyl (C=O) groups is 1. The van der Waals surface area contributed by atoms with Gasteiger partial charge in [0.15, 0.2) is 0 Å². The van der Waals surface area contributed by atoms with Crippen LogP contribution in [-0.4, -0.2) is 30.0 Å². The third kappa shape index (κ3) is 2.91. The molecule has 0 bridgehead atoms. The van der Waals surface area contributed by atoms with E-state index < -0.39 is 0 Å². The maximum absolute atomic E-state index is 12.4. The van der Waals surface area contributed by atoms with Crippen LogP contribution in [0.25, 0.3) is 0 Å². The summed E-state index contributed by atoms with van der Waals surface area (Å²) in [6.07, 6.45) is 3.83. The molecule has 2 aliphatic rings. The third-order valence-corrected chi connectivity index (χ3v) is 4.56. The van der Waals surface area contributed by atoms with Gasteiger partial charge in [-0.1, -0.05) is 18.6 Å². The van der Waals surface area contributed by atoms with Crippen molar-refractivity contribution in [3.05, 3.63) is 29.8 Å². The Kier molecular flexibility index (Phi) is 4.15. The van der Waals surface area contributed by atoms with Gasteiger partial charge in [-0.3, -0.25) is 10.1 Å². The molecule has 1 N–H and O–H groups in total. The Labute approximate surface area is 126 Å². The minimum Gasteiger partial charge on any atom is -0.494 e. The number of ether oxygens (including phenoxy) is 1. The zero-order chi connectivity index (χ0) is 14.8. The second-order valence-corrected chi connectivity index (χ2v) is 6.08. The molecule has 1 saturated heterocycles. The zero-order valence-electron chi connectivity index (χ0n) is 12.8. The van der Waals surface area contributed by atoms with Gasteiger partial charge in [0.25, 0.3) is 0 Å². The maximum Gasteiger partial charge on any atom is 0.241 e. The number of hydrogen-bond donors (Lipinski definition) is 1. The van der Waals surface area contributed by atoms with Crippen molar-refractivity contribution in [1.29, 1.82) is 0 Å². The Bertz CT molecular complexity index is 496. The molecule has 0 spiro atoms. The Morgan fingerprint density at radius 2 is 2.00 bits per heavy atom. The predicted octanol–water partition coefficient (Wildman–Crippen LogP) is 2.70. The summed E-state index contributed by atoms with van der Waals surface area (Å²) in [5.41, 5.74) is 1.13. The summed E-state index contributed by atoms with van der Waals surface area (Å²) in [7, 11) is 0. The fourth-order valence-electron chi connectivity index (χ4n) is 3.11. The van der Waals surface area contributed by atoms with Crippen molar-refractivity contribution in [2.24, 2.45) is 5.92 Å². The molecule has 0 aromatic heterocycles. The van der Waals surface area contributed by atoms with E-state index in [4.69, 9.17) is 4.74 Å². The first kappa shape index (κ1) is 14.4. The van der Waals surface area contributed by atoms with Crippen molar-refractivity contribution in [3.8, 4) is 5.75 Å². The first-order valence-corrected chi connectivity index (χ1v) is 7.98. The van der Waals surface area contributed by atoms with Crippen molar-refractivity contribution in [3.63, 3.8) is 0 Å². The molecule has 2 fully saturated rings. The van der Waals surface area contributed by atoms with Gasteiger partial charge in [0.1, 0.15) is 11.9 Å². The molecule has 2 atom stereocenters. The van der Waals surface area contributed by atoms with Gasteiger partial charge in [-0.15, -0.1) is 0 Å². The Morgan fingerprint density at radius 3 is 2.57 bits per heavy atom. The highest BCUT2D eigenvalue weighted by molar-refractivity contribution is 5.84. The van der Waals surface area contributed by atoms with Crippen molar-refractivity contribution in [1.82, 2.24) is 10.2 Å². The maximum atomic E-state index is 12.4. The highest BCUT2D eigenvalue weighted by Crippen LogP contribution is 2.33. The standard InChI is InChI=1S/C17H24N2O2/c1-3-21-15-9-7-14(8-10-15)16-18-12(2)17(20)19(16)11-13-5-4-6-13/h7-10,12-13,16,18H,3-6,11H2,1-2H3. The summed E-state index contributed by atoms with van der Waals surface area (Å²) in [4.78, 5) is 14.4. The molecule has 0 radical (unpaired) electrons. The third-order valence-electron chi connectivity index (χ3n) is 4.56. The summed E-state index contributed by atoms with van der Waals surface area (Å²) in [6, 6.07) is 7.98. The number of nitrogens with one attached hydrogen (secondary N) is 1. The van der Waals surface area contributed by atoms with Crippen molar-refractivity contribution in [2.75, 3.05) is 13.2 Å². The van der Waals surface area contributed by atoms with Gasteiger partial charge in [-0.05, 0) is 50.3 Å². The lowest BCUT2D eigenvalue weighted by Crippen LogP contribution is -2.37. The van der Waals surface area contributed by atoms with E-state index in [0.29, 0.717) is 12.5 Å². The zero-order valence-corrected chi connectivity index (χ0v) is 12.8. The highest BCUT2D eigenvalue weighted by Gasteiger charge is 2.38. The molecular weight excluding hydrogens is 264 g/mol. The monoisotopic (exact) mass is 288 g/mol. The fraction of sp³-hybridized carbons (Fsp3) is 0.588. The first-order valence-electron chi connectivity index (χ1n) is 7.98. The average molecular weight is 288 g/mol. The molecular formula is C17H24N2O2. The highest BCUT2D eigenvalue weighted by atomic mass is 16.5. The van der Waals surface area contributed by atoms with Crippen molar-refractivity contribution in [2.45, 2.75) is 45.3 Å². The predicted molar refractivity (Wildman–Crippen MR) is 82.0 cm³/mol. The molecule has 4 nitrogen and oxygen atoms in total. The quantitative estimate of drug-likeness (QED) is 0.906. The van der Waals surface area contributed by atoms with Gasteiger partial charge in [-0.25, -0.2) is 0 Å². The van der Waals surface area contributed by atoms with Gasteiger partial charge < -0.3 is 9.64 Å². The minimum absolute atomic E-state index is 0.00350. The van der Waals surface area contributed by atoms with E-state index in [1.54, 1.807) is 0 Å². The van der Waals surface area contributed by atoms with Crippen LogP contribution in [0.2, 0.25) is 0 Å². The van der Waals surface area contributed by atoms with Crippen LogP contribution in [0.1, 0.15) is 44.8 Å². The van der Waals surface area contributed by atoms with E-state index in [-0.39, 0.29) is 18.1 Å². The summed E-state index contributed by atoms with van der Waals surface area (Å²) in [5, 5.41) is 3.41. The number of nitrogens with zero attached hydrogens (tertiary/aromatic N) is 1. The van der Waals surface area contributed by atoms with Crippen LogP contribution < -0.4 is 10.1 Å². The van der Waals surface area contributed by atoms with Gasteiger partial charge in [0, 0.05) is 6.54 Å². The Morgan fingerprint density at radius 1 is 1.29 bits per heavy atom. The van der Waals surface area contributed by atoms with Crippen molar-refractivity contribution < 1.29 is 9.53 Å². The average Bonchev–Trinajstić information content (AvgIpc) is 2.72. The molecule has 1 aromatic carbocycles. The number of hydrogen-bond acceptors (Lipinski definition) is 3. The van der Waals surface area contributed by atoms with E-state index in [9.17, 15) is 4.79 Å². The Balaban J connectivity index is 1.75. The largest absolute Gasteiger partial charge is 0.494 e. The molecule has 1 amide bonds. The van der Waals surface area contributed by atoms with Crippen LogP contribution in [0, 0.1) is 5.92 Å². The van der Waals surface area contributed by atoms with Gasteiger partial charge in [0.2, 0.25) is 5.91 Å². The van der Waals surface area contributed by atoms with Crippen LogP contribution in [0.5, 0.6) is 5.75 Å². The van der Waals surface area contributed by atoms with Crippen LogP contribution in [0.15, 0.2) is 24.3 Å². The van der Waals surface area contributed by atoms with Gasteiger partial charge in [-0.2, -0.15) is 0 Å². The molecule has 1 aromatic rings. The SMILES string of the molecule is CCOc1ccc(C2NC(C)C(=O)N2CC2CCC2)cc1.